The van der Waals surface area contributed by atoms with E-state index in [9.17, 15) is 18.0 Å². The predicted octanol–water partition coefficient (Wildman–Crippen LogP) is 3.90. The molecule has 0 aliphatic carbocycles. The van der Waals surface area contributed by atoms with Crippen LogP contribution in [0.25, 0.3) is 0 Å². The summed E-state index contributed by atoms with van der Waals surface area (Å²) >= 11 is 1.82. The number of ether oxygens (including phenoxy) is 2. The summed E-state index contributed by atoms with van der Waals surface area (Å²) < 4.78 is 52.2. The maximum atomic E-state index is 13.3. The van der Waals surface area contributed by atoms with Crippen molar-refractivity contribution in [2.45, 2.75) is 31.0 Å². The summed E-state index contributed by atoms with van der Waals surface area (Å²) in [6.45, 7) is 2.76. The van der Waals surface area contributed by atoms with E-state index in [-0.39, 0.29) is 23.6 Å². The van der Waals surface area contributed by atoms with Gasteiger partial charge in [0.05, 0.1) is 12.5 Å². The Labute approximate surface area is 199 Å². The van der Waals surface area contributed by atoms with Crippen LogP contribution in [0, 0.1) is 0 Å². The van der Waals surface area contributed by atoms with Crippen molar-refractivity contribution in [1.82, 2.24) is 19.9 Å². The molecule has 0 bridgehead atoms. The predicted molar refractivity (Wildman–Crippen MR) is 119 cm³/mol. The van der Waals surface area contributed by atoms with Gasteiger partial charge in [-0.2, -0.15) is 16.7 Å². The third kappa shape index (κ3) is 6.35. The third-order valence-corrected chi connectivity index (χ3v) is 6.89. The van der Waals surface area contributed by atoms with Crippen LogP contribution in [0.15, 0.2) is 28.8 Å². The molecule has 2 saturated heterocycles. The van der Waals surface area contributed by atoms with Gasteiger partial charge in [-0.1, -0.05) is 17.3 Å². The summed E-state index contributed by atoms with van der Waals surface area (Å²) in [5.41, 5.74) is 0.824. The van der Waals surface area contributed by atoms with Gasteiger partial charge < -0.3 is 23.8 Å². The summed E-state index contributed by atoms with van der Waals surface area (Å²) in [6.07, 6.45) is -3.60. The average Bonchev–Trinajstić information content (AvgIpc) is 3.31. The lowest BCUT2D eigenvalue weighted by Crippen LogP contribution is -2.51. The van der Waals surface area contributed by atoms with Crippen LogP contribution in [0.2, 0.25) is 0 Å². The van der Waals surface area contributed by atoms with E-state index >= 15 is 0 Å². The molecular formula is C22H27F3N4O4S. The molecule has 0 spiro atoms. The molecule has 8 nitrogen and oxygen atoms in total. The Balaban J connectivity index is 1.54. The number of benzene rings is 1. The Morgan fingerprint density at radius 1 is 1.15 bits per heavy atom. The molecule has 4 rings (SSSR count). The number of amides is 2. The zero-order valence-electron chi connectivity index (χ0n) is 18.8. The number of methoxy groups -OCH3 is 1. The average molecular weight is 501 g/mol. The Kier molecular flexibility index (Phi) is 7.87. The monoisotopic (exact) mass is 500 g/mol. The van der Waals surface area contributed by atoms with Gasteiger partial charge in [-0.25, -0.2) is 4.79 Å². The van der Waals surface area contributed by atoms with Crippen molar-refractivity contribution in [3.8, 4) is 5.75 Å². The standard InChI is InChI=1S/C22H27F3N4O4S/c1-31-9-6-19-26-20(33-27-19)17-12-16(15-2-4-18(5-3-15)32-22(23,24)25)13-29(14-17)21(30)28-7-10-34-11-8-28/h2-5,16-17H,6-14H2,1H3. The van der Waals surface area contributed by atoms with Gasteiger partial charge in [0.2, 0.25) is 5.89 Å². The molecular weight excluding hydrogens is 473 g/mol. The quantitative estimate of drug-likeness (QED) is 0.595. The van der Waals surface area contributed by atoms with Crippen LogP contribution in [0.3, 0.4) is 0 Å². The number of aromatic nitrogens is 2. The summed E-state index contributed by atoms with van der Waals surface area (Å²) in [5, 5.41) is 4.03. The summed E-state index contributed by atoms with van der Waals surface area (Å²) in [4.78, 5) is 21.4. The first-order valence-corrected chi connectivity index (χ1v) is 12.3. The number of carbonyl (C=O) groups excluding carboxylic acids is 1. The second-order valence-electron chi connectivity index (χ2n) is 8.33. The van der Waals surface area contributed by atoms with Gasteiger partial charge in [0.15, 0.2) is 5.82 Å². The minimum Gasteiger partial charge on any atom is -0.406 e. The zero-order valence-corrected chi connectivity index (χ0v) is 19.6. The van der Waals surface area contributed by atoms with Crippen molar-refractivity contribution in [3.05, 3.63) is 41.5 Å². The number of alkyl halides is 3. The minimum absolute atomic E-state index is 0.0360. The lowest BCUT2D eigenvalue weighted by molar-refractivity contribution is -0.274. The molecule has 0 N–H and O–H groups in total. The molecule has 12 heteroatoms. The maximum Gasteiger partial charge on any atom is 0.573 e. The summed E-state index contributed by atoms with van der Waals surface area (Å²) in [6, 6.07) is 5.80. The van der Waals surface area contributed by atoms with Crippen LogP contribution in [-0.2, 0) is 11.2 Å². The fourth-order valence-electron chi connectivity index (χ4n) is 4.30. The number of carbonyl (C=O) groups is 1. The van der Waals surface area contributed by atoms with E-state index in [0.717, 1.165) is 17.1 Å². The molecule has 1 aromatic heterocycles. The SMILES string of the molecule is COCCc1noc(C2CC(c3ccc(OC(F)(F)F)cc3)CN(C(=O)N3CCSCC3)C2)n1. The fourth-order valence-corrected chi connectivity index (χ4v) is 5.20. The van der Waals surface area contributed by atoms with Crippen molar-refractivity contribution >= 4 is 17.8 Å². The molecule has 2 atom stereocenters. The Morgan fingerprint density at radius 3 is 2.53 bits per heavy atom. The van der Waals surface area contributed by atoms with E-state index in [4.69, 9.17) is 9.26 Å². The molecule has 2 aliphatic heterocycles. The maximum absolute atomic E-state index is 13.3. The molecule has 3 heterocycles. The van der Waals surface area contributed by atoms with Crippen molar-refractivity contribution in [2.75, 3.05) is 51.4 Å². The van der Waals surface area contributed by atoms with E-state index in [1.807, 2.05) is 16.7 Å². The van der Waals surface area contributed by atoms with Gasteiger partial charge in [-0.3, -0.25) is 0 Å². The highest BCUT2D eigenvalue weighted by Crippen LogP contribution is 2.37. The van der Waals surface area contributed by atoms with E-state index in [2.05, 4.69) is 14.9 Å². The zero-order chi connectivity index (χ0) is 24.1. The lowest BCUT2D eigenvalue weighted by Gasteiger charge is -2.40. The molecule has 2 aliphatic rings. The van der Waals surface area contributed by atoms with E-state index in [1.54, 1.807) is 24.1 Å². The van der Waals surface area contributed by atoms with Crippen LogP contribution < -0.4 is 4.74 Å². The Morgan fingerprint density at radius 2 is 1.85 bits per heavy atom. The van der Waals surface area contributed by atoms with Gasteiger partial charge >= 0.3 is 12.4 Å². The van der Waals surface area contributed by atoms with E-state index in [1.165, 1.54) is 12.1 Å². The highest BCUT2D eigenvalue weighted by Gasteiger charge is 2.37. The van der Waals surface area contributed by atoms with Crippen LogP contribution in [-0.4, -0.2) is 83.7 Å². The minimum atomic E-state index is -4.74. The lowest BCUT2D eigenvalue weighted by atomic mass is 9.84. The van der Waals surface area contributed by atoms with Crippen LogP contribution in [0.5, 0.6) is 5.75 Å². The molecule has 34 heavy (non-hydrogen) atoms. The molecule has 1 aromatic carbocycles. The number of halogens is 3. The van der Waals surface area contributed by atoms with Crippen molar-refractivity contribution in [1.29, 1.82) is 0 Å². The summed E-state index contributed by atoms with van der Waals surface area (Å²) in [5.74, 6) is 2.24. The number of thioether (sulfide) groups is 1. The van der Waals surface area contributed by atoms with Crippen LogP contribution >= 0.6 is 11.8 Å². The highest BCUT2D eigenvalue weighted by atomic mass is 32.2. The largest absolute Gasteiger partial charge is 0.573 e. The molecule has 0 radical (unpaired) electrons. The van der Waals surface area contributed by atoms with Gasteiger partial charge in [-0.15, -0.1) is 13.2 Å². The summed E-state index contributed by atoms with van der Waals surface area (Å²) in [7, 11) is 1.60. The number of urea groups is 1. The first-order chi connectivity index (χ1) is 16.3. The highest BCUT2D eigenvalue weighted by molar-refractivity contribution is 7.99. The van der Waals surface area contributed by atoms with E-state index < -0.39 is 6.36 Å². The van der Waals surface area contributed by atoms with Gasteiger partial charge in [0.25, 0.3) is 0 Å². The second kappa shape index (κ2) is 10.9. The van der Waals surface area contributed by atoms with Gasteiger partial charge in [0, 0.05) is 57.1 Å². The van der Waals surface area contributed by atoms with Gasteiger partial charge in [-0.05, 0) is 24.1 Å². The van der Waals surface area contributed by atoms with Crippen LogP contribution in [0.1, 0.15) is 35.5 Å². The van der Waals surface area contributed by atoms with Crippen molar-refractivity contribution in [2.24, 2.45) is 0 Å². The fraction of sp³-hybridized carbons (Fsp3) is 0.591. The number of nitrogens with zero attached hydrogens (tertiary/aromatic N) is 4. The smallest absolute Gasteiger partial charge is 0.406 e. The molecule has 2 aromatic rings. The molecule has 186 valence electrons. The van der Waals surface area contributed by atoms with Crippen LogP contribution in [0.4, 0.5) is 18.0 Å². The van der Waals surface area contributed by atoms with Gasteiger partial charge in [0.1, 0.15) is 5.75 Å². The third-order valence-electron chi connectivity index (χ3n) is 5.95. The molecule has 0 saturated carbocycles. The number of rotatable bonds is 6. The Hall–Kier alpha value is -2.47. The second-order valence-corrected chi connectivity index (χ2v) is 9.55. The number of piperidine rings is 1. The topological polar surface area (TPSA) is 80.9 Å². The molecule has 2 unspecified atom stereocenters. The van der Waals surface area contributed by atoms with E-state index in [0.29, 0.717) is 57.3 Å². The first-order valence-electron chi connectivity index (χ1n) is 11.1. The number of hydrogen-bond acceptors (Lipinski definition) is 7. The Bertz CT molecular complexity index is 950. The van der Waals surface area contributed by atoms with Crippen molar-refractivity contribution in [3.63, 3.8) is 0 Å². The number of likely N-dealkylation sites (tertiary alicyclic amines) is 1. The normalized spacial score (nSPS) is 21.5. The molecule has 2 fully saturated rings. The van der Waals surface area contributed by atoms with Crippen molar-refractivity contribution < 1.29 is 32.0 Å². The molecule has 2 amide bonds. The number of hydrogen-bond donors (Lipinski definition) is 0. The first kappa shape index (κ1) is 24.6.